The number of rotatable bonds is 3. The van der Waals surface area contributed by atoms with Crippen molar-refractivity contribution in [2.75, 3.05) is 11.9 Å². The normalized spacial score (nSPS) is 17.7. The predicted molar refractivity (Wildman–Crippen MR) is 91.0 cm³/mol. The molecule has 2 aromatic rings. The molecule has 1 aliphatic carbocycles. The quantitative estimate of drug-likeness (QED) is 0.773. The van der Waals surface area contributed by atoms with E-state index in [1.165, 1.54) is 11.8 Å². The molecule has 24 heavy (non-hydrogen) atoms. The molecule has 1 unspecified atom stereocenters. The van der Waals surface area contributed by atoms with E-state index < -0.39 is 15.8 Å². The molecule has 0 radical (unpaired) electrons. The van der Waals surface area contributed by atoms with Gasteiger partial charge in [-0.2, -0.15) is 0 Å². The lowest BCUT2D eigenvalue weighted by molar-refractivity contribution is 0.102. The lowest BCUT2D eigenvalue weighted by atomic mass is 10.0. The number of nitrogens with two attached hydrogens (primary N) is 1. The van der Waals surface area contributed by atoms with Crippen molar-refractivity contribution in [3.63, 3.8) is 0 Å². The number of carbonyl (C=O) groups excluding carboxylic acids is 1. The maximum Gasteiger partial charge on any atom is 0.284 e. The van der Waals surface area contributed by atoms with E-state index in [4.69, 9.17) is 14.7 Å². The maximum atomic E-state index is 12.5. The monoisotopic (exact) mass is 364 g/mol. The van der Waals surface area contributed by atoms with E-state index in [9.17, 15) is 9.00 Å². The van der Waals surface area contributed by atoms with Crippen LogP contribution in [0.5, 0.6) is 5.75 Å². The first-order valence-electron chi connectivity index (χ1n) is 7.57. The molecule has 0 fully saturated rings. The second-order valence-electron chi connectivity index (χ2n) is 5.87. The fourth-order valence-corrected chi connectivity index (χ4v) is 4.69. The second-order valence-corrected chi connectivity index (χ2v) is 8.80. The van der Waals surface area contributed by atoms with Crippen molar-refractivity contribution in [1.82, 2.24) is 4.98 Å². The van der Waals surface area contributed by atoms with Crippen molar-refractivity contribution >= 4 is 32.8 Å². The summed E-state index contributed by atoms with van der Waals surface area (Å²) < 4.78 is 24.7. The van der Waals surface area contributed by atoms with E-state index in [2.05, 4.69) is 16.4 Å². The van der Waals surface area contributed by atoms with Gasteiger partial charge in [-0.25, -0.2) is 19.1 Å². The molecule has 0 saturated heterocycles. The van der Waals surface area contributed by atoms with E-state index in [1.54, 1.807) is 0 Å². The Hall–Kier alpha value is -1.97. The number of thiazole rings is 1. The molecular formula is C15H16N4O3S2. The number of ether oxygens (including phenoxy) is 1. The summed E-state index contributed by atoms with van der Waals surface area (Å²) in [5.74, 6) is 0.358. The summed E-state index contributed by atoms with van der Waals surface area (Å²) >= 11 is 0.882. The molecule has 4 N–H and O–H groups in total. The van der Waals surface area contributed by atoms with Crippen LogP contribution in [0.15, 0.2) is 16.5 Å². The molecule has 9 heteroatoms. The number of hydrogen-bond acceptors (Lipinski definition) is 6. The summed E-state index contributed by atoms with van der Waals surface area (Å²) in [6.07, 6.45) is 5.07. The van der Waals surface area contributed by atoms with Gasteiger partial charge in [0.1, 0.15) is 19.9 Å². The standard InChI is InChI=1S/C15H16N4O3S2/c16-24(17,21)11-7-18-15(23-11)14(20)19-12-10-3-1-2-8(10)6-9-4-5-22-13(9)12/h6-7H,1-5H2,(H,19,20)(H3,16,17,21). The van der Waals surface area contributed by atoms with Crippen LogP contribution in [0.3, 0.4) is 0 Å². The van der Waals surface area contributed by atoms with Crippen LogP contribution >= 0.6 is 11.3 Å². The Morgan fingerprint density at radius 2 is 2.21 bits per heavy atom. The molecule has 7 nitrogen and oxygen atoms in total. The van der Waals surface area contributed by atoms with Gasteiger partial charge in [0, 0.05) is 6.42 Å². The van der Waals surface area contributed by atoms with Crippen LogP contribution in [0.2, 0.25) is 0 Å². The minimum atomic E-state index is -3.36. The molecule has 1 amide bonds. The molecule has 1 aromatic heterocycles. The Balaban J connectivity index is 1.69. The lowest BCUT2D eigenvalue weighted by Gasteiger charge is -2.14. The number of anilines is 1. The van der Waals surface area contributed by atoms with Gasteiger partial charge in [-0.15, -0.1) is 0 Å². The van der Waals surface area contributed by atoms with E-state index in [0.717, 1.165) is 59.6 Å². The maximum absolute atomic E-state index is 12.5. The SMILES string of the molecule is N=S(N)(=O)c1cnc(C(=O)Nc2c3c(cc4c2OCC4)CCC3)s1. The van der Waals surface area contributed by atoms with Gasteiger partial charge in [-0.05, 0) is 36.0 Å². The molecular weight excluding hydrogens is 348 g/mol. The third-order valence-electron chi connectivity index (χ3n) is 4.26. The van der Waals surface area contributed by atoms with Gasteiger partial charge in [-0.3, -0.25) is 4.79 Å². The molecule has 1 aliphatic heterocycles. The van der Waals surface area contributed by atoms with Crippen LogP contribution in [-0.4, -0.2) is 21.7 Å². The van der Waals surface area contributed by atoms with Crippen molar-refractivity contribution in [3.05, 3.63) is 34.0 Å². The number of benzene rings is 1. The van der Waals surface area contributed by atoms with Gasteiger partial charge >= 0.3 is 0 Å². The number of fused-ring (bicyclic) bond motifs is 2. The van der Waals surface area contributed by atoms with Gasteiger partial charge < -0.3 is 10.1 Å². The number of amides is 1. The van der Waals surface area contributed by atoms with Crippen LogP contribution < -0.4 is 15.2 Å². The first kappa shape index (κ1) is 15.6. The van der Waals surface area contributed by atoms with Crippen LogP contribution in [0.1, 0.15) is 32.9 Å². The van der Waals surface area contributed by atoms with Crippen molar-refractivity contribution in [2.45, 2.75) is 29.9 Å². The zero-order chi connectivity index (χ0) is 16.9. The third-order valence-corrected chi connectivity index (χ3v) is 6.75. The molecule has 0 bridgehead atoms. The summed E-state index contributed by atoms with van der Waals surface area (Å²) in [6, 6.07) is 2.19. The fraction of sp³-hybridized carbons (Fsp3) is 0.333. The number of aromatic nitrogens is 1. The third kappa shape index (κ3) is 2.58. The van der Waals surface area contributed by atoms with Crippen LogP contribution in [0.25, 0.3) is 0 Å². The summed E-state index contributed by atoms with van der Waals surface area (Å²) in [4.78, 5) is 16.5. The number of hydrogen-bond donors (Lipinski definition) is 3. The van der Waals surface area contributed by atoms with E-state index in [0.29, 0.717) is 6.61 Å². The van der Waals surface area contributed by atoms with Crippen LogP contribution in [0.4, 0.5) is 5.69 Å². The highest BCUT2D eigenvalue weighted by atomic mass is 32.2. The lowest BCUT2D eigenvalue weighted by Crippen LogP contribution is -2.14. The number of aryl methyl sites for hydroxylation is 1. The minimum absolute atomic E-state index is 0.0902. The Bertz CT molecular complexity index is 918. The number of nitrogens with zero attached hydrogens (tertiary/aromatic N) is 1. The van der Waals surface area contributed by atoms with Gasteiger partial charge in [-0.1, -0.05) is 17.4 Å². The highest BCUT2D eigenvalue weighted by Crippen LogP contribution is 2.42. The Labute approximate surface area is 143 Å². The fourth-order valence-electron chi connectivity index (χ4n) is 3.20. The molecule has 4 rings (SSSR count). The zero-order valence-corrected chi connectivity index (χ0v) is 14.4. The molecule has 0 saturated carbocycles. The summed E-state index contributed by atoms with van der Waals surface area (Å²) in [5.41, 5.74) is 4.26. The minimum Gasteiger partial charge on any atom is -0.491 e. The second kappa shape index (κ2) is 5.54. The summed E-state index contributed by atoms with van der Waals surface area (Å²) in [7, 11) is -3.36. The molecule has 0 spiro atoms. The van der Waals surface area contributed by atoms with Crippen LogP contribution in [0, 0.1) is 4.78 Å². The largest absolute Gasteiger partial charge is 0.491 e. The highest BCUT2D eigenvalue weighted by molar-refractivity contribution is 7.92. The molecule has 1 aromatic carbocycles. The number of nitrogens with one attached hydrogen (secondary N) is 2. The van der Waals surface area contributed by atoms with Gasteiger partial charge in [0.15, 0.2) is 5.01 Å². The first-order valence-corrected chi connectivity index (χ1v) is 10.0. The Morgan fingerprint density at radius 1 is 1.38 bits per heavy atom. The van der Waals surface area contributed by atoms with E-state index in [1.807, 2.05) is 0 Å². The van der Waals surface area contributed by atoms with Crippen LogP contribution in [-0.2, 0) is 29.2 Å². The average Bonchev–Trinajstić information content (AvgIpc) is 3.25. The molecule has 2 aliphatic rings. The highest BCUT2D eigenvalue weighted by Gasteiger charge is 2.27. The van der Waals surface area contributed by atoms with Crippen molar-refractivity contribution in [1.29, 1.82) is 4.78 Å². The number of carbonyl (C=O) groups is 1. The molecule has 126 valence electrons. The van der Waals surface area contributed by atoms with Gasteiger partial charge in [0.25, 0.3) is 5.91 Å². The first-order chi connectivity index (χ1) is 11.4. The van der Waals surface area contributed by atoms with Crippen molar-refractivity contribution in [3.8, 4) is 5.75 Å². The topological polar surface area (TPSA) is 118 Å². The predicted octanol–water partition coefficient (Wildman–Crippen LogP) is 2.10. The zero-order valence-electron chi connectivity index (χ0n) is 12.8. The molecule has 2 heterocycles. The smallest absolute Gasteiger partial charge is 0.284 e. The van der Waals surface area contributed by atoms with Crippen molar-refractivity contribution in [2.24, 2.45) is 5.14 Å². The summed E-state index contributed by atoms with van der Waals surface area (Å²) in [5, 5.41) is 8.33. The van der Waals surface area contributed by atoms with E-state index in [-0.39, 0.29) is 9.22 Å². The van der Waals surface area contributed by atoms with Gasteiger partial charge in [0.2, 0.25) is 0 Å². The van der Waals surface area contributed by atoms with E-state index >= 15 is 0 Å². The van der Waals surface area contributed by atoms with Gasteiger partial charge in [0.05, 0.1) is 18.5 Å². The Kier molecular flexibility index (Phi) is 3.59. The summed E-state index contributed by atoms with van der Waals surface area (Å²) in [6.45, 7) is 0.622. The van der Waals surface area contributed by atoms with Crippen molar-refractivity contribution < 1.29 is 13.7 Å². The molecule has 1 atom stereocenters. The Morgan fingerprint density at radius 3 is 2.96 bits per heavy atom. The average molecular weight is 364 g/mol.